The summed E-state index contributed by atoms with van der Waals surface area (Å²) in [4.78, 5) is 14.2. The number of thiazole rings is 1. The molecule has 4 nitrogen and oxygen atoms in total. The summed E-state index contributed by atoms with van der Waals surface area (Å²) >= 11 is 1.30. The first kappa shape index (κ1) is 8.83. The van der Waals surface area contributed by atoms with Crippen LogP contribution in [0.15, 0.2) is 29.6 Å². The topological polar surface area (TPSA) is 56.0 Å². The molecule has 2 aromatic rings. The summed E-state index contributed by atoms with van der Waals surface area (Å²) in [5.41, 5.74) is 3.88. The van der Waals surface area contributed by atoms with Crippen molar-refractivity contribution in [1.82, 2.24) is 4.98 Å². The summed E-state index contributed by atoms with van der Waals surface area (Å²) < 4.78 is 0. The predicted molar refractivity (Wildman–Crippen MR) is 53.0 cm³/mol. The lowest BCUT2D eigenvalue weighted by atomic mass is 10.1. The molecule has 0 saturated heterocycles. The molecule has 1 aromatic carbocycles. The summed E-state index contributed by atoms with van der Waals surface area (Å²) in [7, 11) is 0. The summed E-state index contributed by atoms with van der Waals surface area (Å²) in [6.45, 7) is 0. The van der Waals surface area contributed by atoms with E-state index in [0.29, 0.717) is 11.3 Å². The first-order chi connectivity index (χ1) is 6.79. The zero-order chi connectivity index (χ0) is 9.97. The van der Waals surface area contributed by atoms with Gasteiger partial charge < -0.3 is 0 Å². The van der Waals surface area contributed by atoms with E-state index in [2.05, 4.69) is 10.5 Å². The summed E-state index contributed by atoms with van der Waals surface area (Å²) in [5.74, 6) is 0. The summed E-state index contributed by atoms with van der Waals surface area (Å²) in [6, 6.07) is 6.54. The van der Waals surface area contributed by atoms with Gasteiger partial charge in [0.1, 0.15) is 0 Å². The molecule has 0 N–H and O–H groups in total. The molecule has 69 valence electrons. The first-order valence-electron chi connectivity index (χ1n) is 3.84. The minimum absolute atomic E-state index is 0.0757. The fourth-order valence-corrected chi connectivity index (χ4v) is 1.65. The molecule has 5 heteroatoms. The van der Waals surface area contributed by atoms with Gasteiger partial charge in [-0.15, -0.1) is 11.3 Å². The Morgan fingerprint density at radius 3 is 2.86 bits per heavy atom. The Morgan fingerprint density at radius 2 is 2.21 bits per heavy atom. The highest BCUT2D eigenvalue weighted by molar-refractivity contribution is 7.07. The molecule has 0 atom stereocenters. The molecule has 0 amide bonds. The number of para-hydroxylation sites is 1. The SMILES string of the molecule is O=[N+]([O-])c1ccccc1-c1cs[c]n1. The van der Waals surface area contributed by atoms with E-state index < -0.39 is 4.92 Å². The lowest BCUT2D eigenvalue weighted by Crippen LogP contribution is -1.91. The molecule has 1 aromatic heterocycles. The fraction of sp³-hybridized carbons (Fsp3) is 0. The van der Waals surface area contributed by atoms with Crippen LogP contribution in [-0.2, 0) is 0 Å². The van der Waals surface area contributed by atoms with Crippen LogP contribution in [0.1, 0.15) is 0 Å². The van der Waals surface area contributed by atoms with E-state index in [1.807, 2.05) is 0 Å². The molecular weight excluding hydrogens is 200 g/mol. The van der Waals surface area contributed by atoms with Gasteiger partial charge in [-0.1, -0.05) is 12.1 Å². The molecule has 0 fully saturated rings. The van der Waals surface area contributed by atoms with Crippen molar-refractivity contribution in [1.29, 1.82) is 0 Å². The van der Waals surface area contributed by atoms with Gasteiger partial charge in [0.25, 0.3) is 5.69 Å². The van der Waals surface area contributed by atoms with E-state index in [-0.39, 0.29) is 5.69 Å². The van der Waals surface area contributed by atoms with Crippen LogP contribution in [0.5, 0.6) is 0 Å². The molecule has 0 unspecified atom stereocenters. The Bertz CT molecular complexity index is 454. The maximum atomic E-state index is 10.7. The molecule has 1 heterocycles. The fourth-order valence-electron chi connectivity index (χ4n) is 1.16. The van der Waals surface area contributed by atoms with Crippen molar-refractivity contribution in [3.63, 3.8) is 0 Å². The second kappa shape index (κ2) is 3.55. The highest BCUT2D eigenvalue weighted by atomic mass is 32.1. The van der Waals surface area contributed by atoms with Gasteiger partial charge in [-0.05, 0) is 6.07 Å². The number of aromatic nitrogens is 1. The number of nitro benzene ring substituents is 1. The highest BCUT2D eigenvalue weighted by Crippen LogP contribution is 2.28. The molecule has 14 heavy (non-hydrogen) atoms. The number of nitrogens with zero attached hydrogens (tertiary/aromatic N) is 2. The van der Waals surface area contributed by atoms with Gasteiger partial charge in [-0.3, -0.25) is 10.1 Å². The van der Waals surface area contributed by atoms with Gasteiger partial charge in [0.2, 0.25) is 0 Å². The third-order valence-electron chi connectivity index (χ3n) is 1.77. The van der Waals surface area contributed by atoms with Crippen molar-refractivity contribution in [2.75, 3.05) is 0 Å². The van der Waals surface area contributed by atoms with Crippen LogP contribution < -0.4 is 0 Å². The van der Waals surface area contributed by atoms with Crippen molar-refractivity contribution < 1.29 is 4.92 Å². The maximum Gasteiger partial charge on any atom is 0.278 e. The lowest BCUT2D eigenvalue weighted by Gasteiger charge is -1.97. The Labute approximate surface area is 84.0 Å². The Kier molecular flexibility index (Phi) is 2.24. The van der Waals surface area contributed by atoms with Crippen molar-refractivity contribution in [2.24, 2.45) is 0 Å². The van der Waals surface area contributed by atoms with Crippen molar-refractivity contribution in [3.8, 4) is 11.3 Å². The quantitative estimate of drug-likeness (QED) is 0.559. The van der Waals surface area contributed by atoms with E-state index in [1.54, 1.807) is 23.6 Å². The average Bonchev–Trinajstić information content (AvgIpc) is 2.70. The third-order valence-corrected chi connectivity index (χ3v) is 2.30. The molecule has 0 aliphatic rings. The van der Waals surface area contributed by atoms with E-state index >= 15 is 0 Å². The van der Waals surface area contributed by atoms with Crippen LogP contribution in [0, 0.1) is 15.6 Å². The van der Waals surface area contributed by atoms with E-state index in [4.69, 9.17) is 0 Å². The van der Waals surface area contributed by atoms with Gasteiger partial charge in [0.05, 0.1) is 16.2 Å². The van der Waals surface area contributed by atoms with E-state index in [9.17, 15) is 10.1 Å². The van der Waals surface area contributed by atoms with Gasteiger partial charge in [0.15, 0.2) is 5.51 Å². The molecule has 0 spiro atoms. The number of hydrogen-bond donors (Lipinski definition) is 0. The van der Waals surface area contributed by atoms with Gasteiger partial charge in [-0.2, -0.15) is 0 Å². The summed E-state index contributed by atoms with van der Waals surface area (Å²) in [6.07, 6.45) is 0. The van der Waals surface area contributed by atoms with Gasteiger partial charge >= 0.3 is 0 Å². The first-order valence-corrected chi connectivity index (χ1v) is 4.72. The molecule has 0 aliphatic heterocycles. The number of nitro groups is 1. The Hall–Kier alpha value is -1.75. The zero-order valence-corrected chi connectivity index (χ0v) is 7.82. The minimum atomic E-state index is -0.408. The Balaban J connectivity index is 2.58. The molecule has 0 bridgehead atoms. The number of hydrogen-bond acceptors (Lipinski definition) is 4. The monoisotopic (exact) mass is 205 g/mol. The summed E-state index contributed by atoms with van der Waals surface area (Å²) in [5, 5.41) is 12.4. The number of rotatable bonds is 2. The minimum Gasteiger partial charge on any atom is -0.258 e. The molecular formula is C9H5N2O2S. The van der Waals surface area contributed by atoms with E-state index in [1.165, 1.54) is 17.4 Å². The number of benzene rings is 1. The van der Waals surface area contributed by atoms with Crippen LogP contribution in [0.2, 0.25) is 0 Å². The van der Waals surface area contributed by atoms with Gasteiger partial charge in [-0.25, -0.2) is 4.98 Å². The van der Waals surface area contributed by atoms with Crippen LogP contribution in [-0.4, -0.2) is 9.91 Å². The Morgan fingerprint density at radius 1 is 1.43 bits per heavy atom. The van der Waals surface area contributed by atoms with E-state index in [0.717, 1.165) is 0 Å². The molecule has 0 saturated carbocycles. The normalized spacial score (nSPS) is 10.0. The predicted octanol–water partition coefficient (Wildman–Crippen LogP) is 2.52. The smallest absolute Gasteiger partial charge is 0.258 e. The third kappa shape index (κ3) is 1.49. The standard InChI is InChI=1S/C9H5N2O2S/c12-11(13)9-4-2-1-3-7(9)8-5-14-6-10-8/h1-5H. The molecule has 2 rings (SSSR count). The lowest BCUT2D eigenvalue weighted by molar-refractivity contribution is -0.384. The van der Waals surface area contributed by atoms with Gasteiger partial charge in [0, 0.05) is 11.4 Å². The highest BCUT2D eigenvalue weighted by Gasteiger charge is 2.14. The van der Waals surface area contributed by atoms with Crippen LogP contribution in [0.4, 0.5) is 5.69 Å². The molecule has 0 aliphatic carbocycles. The largest absolute Gasteiger partial charge is 0.278 e. The average molecular weight is 205 g/mol. The molecule has 1 radical (unpaired) electrons. The van der Waals surface area contributed by atoms with Crippen LogP contribution >= 0.6 is 11.3 Å². The van der Waals surface area contributed by atoms with Crippen LogP contribution in [0.25, 0.3) is 11.3 Å². The maximum absolute atomic E-state index is 10.7. The second-order valence-corrected chi connectivity index (χ2v) is 3.25. The van der Waals surface area contributed by atoms with Crippen molar-refractivity contribution in [3.05, 3.63) is 45.3 Å². The zero-order valence-electron chi connectivity index (χ0n) is 7.01. The van der Waals surface area contributed by atoms with Crippen molar-refractivity contribution >= 4 is 17.0 Å². The second-order valence-electron chi connectivity index (χ2n) is 2.60. The van der Waals surface area contributed by atoms with Crippen LogP contribution in [0.3, 0.4) is 0 Å². The van der Waals surface area contributed by atoms with Crippen molar-refractivity contribution in [2.45, 2.75) is 0 Å².